The molecule has 2 heterocycles. The fourth-order valence-corrected chi connectivity index (χ4v) is 8.44. The highest BCUT2D eigenvalue weighted by Crippen LogP contribution is 2.44. The Morgan fingerprint density at radius 3 is 1.65 bits per heavy atom. The van der Waals surface area contributed by atoms with E-state index in [4.69, 9.17) is 4.98 Å². The summed E-state index contributed by atoms with van der Waals surface area (Å²) in [4.78, 5) is 5.12. The summed E-state index contributed by atoms with van der Waals surface area (Å²) in [6.45, 7) is 0. The molecular weight excluding hydrogens is 617 g/mol. The van der Waals surface area contributed by atoms with Crippen molar-refractivity contribution >= 4 is 70.7 Å². The largest absolute Gasteiger partial charge is 0.292 e. The van der Waals surface area contributed by atoms with Crippen LogP contribution in [0.15, 0.2) is 182 Å². The number of hydrogen-bond donors (Lipinski definition) is 0. The van der Waals surface area contributed by atoms with Gasteiger partial charge in [-0.2, -0.15) is 0 Å². The van der Waals surface area contributed by atoms with Gasteiger partial charge in [0.25, 0.3) is 0 Å². The van der Waals surface area contributed by atoms with Crippen LogP contribution in [0.5, 0.6) is 0 Å². The molecule has 0 saturated heterocycles. The number of pyridine rings is 1. The zero-order valence-electron chi connectivity index (χ0n) is 27.7. The summed E-state index contributed by atoms with van der Waals surface area (Å²) in [5.74, 6) is 0. The van der Waals surface area contributed by atoms with E-state index in [1.54, 1.807) is 0 Å². The number of rotatable bonds is 3. The highest BCUT2D eigenvalue weighted by molar-refractivity contribution is 6.22. The SMILES string of the molecule is c1ccc(-c2c3ccccc3cc3c(-c4cccc(-c5ccc6c(c5)c5ccccc5n5c7ccccc7nc65)c4)c4ccccc4cc23)cc1. The highest BCUT2D eigenvalue weighted by atomic mass is 15.0. The molecule has 0 saturated carbocycles. The minimum atomic E-state index is 0.994. The fourth-order valence-electron chi connectivity index (χ4n) is 8.44. The third-order valence-corrected chi connectivity index (χ3v) is 10.7. The van der Waals surface area contributed by atoms with Crippen LogP contribution in [0.3, 0.4) is 0 Å². The van der Waals surface area contributed by atoms with Gasteiger partial charge in [-0.15, -0.1) is 0 Å². The predicted octanol–water partition coefficient (Wildman–Crippen LogP) is 13.3. The lowest BCUT2D eigenvalue weighted by Gasteiger charge is -2.18. The second kappa shape index (κ2) is 10.9. The highest BCUT2D eigenvalue weighted by Gasteiger charge is 2.18. The topological polar surface area (TPSA) is 17.3 Å². The van der Waals surface area contributed by atoms with Gasteiger partial charge in [-0.05, 0) is 120 Å². The molecule has 236 valence electrons. The van der Waals surface area contributed by atoms with E-state index in [-0.39, 0.29) is 0 Å². The van der Waals surface area contributed by atoms with Crippen LogP contribution in [-0.4, -0.2) is 9.38 Å². The van der Waals surface area contributed by atoms with Crippen LogP contribution in [0, 0.1) is 0 Å². The number of para-hydroxylation sites is 3. The number of nitrogens with zero attached hydrogens (tertiary/aromatic N) is 2. The van der Waals surface area contributed by atoms with E-state index in [1.165, 1.54) is 82.0 Å². The first-order valence-corrected chi connectivity index (χ1v) is 17.6. The van der Waals surface area contributed by atoms with E-state index in [1.807, 2.05) is 0 Å². The summed E-state index contributed by atoms with van der Waals surface area (Å²) in [6.07, 6.45) is 0. The summed E-state index contributed by atoms with van der Waals surface area (Å²) in [7, 11) is 0. The normalized spacial score (nSPS) is 11.9. The minimum absolute atomic E-state index is 0.994. The number of imidazole rings is 1. The maximum absolute atomic E-state index is 5.12. The molecular formula is C49H30N2. The van der Waals surface area contributed by atoms with Gasteiger partial charge in [-0.25, -0.2) is 4.98 Å². The Hall–Kier alpha value is -6.77. The Morgan fingerprint density at radius 1 is 0.314 bits per heavy atom. The molecule has 0 bridgehead atoms. The van der Waals surface area contributed by atoms with E-state index in [2.05, 4.69) is 186 Å². The molecule has 0 radical (unpaired) electrons. The van der Waals surface area contributed by atoms with Gasteiger partial charge in [0.15, 0.2) is 0 Å². The van der Waals surface area contributed by atoms with Gasteiger partial charge < -0.3 is 0 Å². The molecule has 9 aromatic carbocycles. The lowest BCUT2D eigenvalue weighted by atomic mass is 9.85. The summed E-state index contributed by atoms with van der Waals surface area (Å²) in [5.41, 5.74) is 11.7. The molecule has 11 aromatic rings. The van der Waals surface area contributed by atoms with Crippen molar-refractivity contribution in [3.8, 4) is 33.4 Å². The molecule has 0 N–H and O–H groups in total. The Kier molecular flexibility index (Phi) is 5.99. The van der Waals surface area contributed by atoms with Gasteiger partial charge in [0.1, 0.15) is 5.65 Å². The maximum atomic E-state index is 5.12. The van der Waals surface area contributed by atoms with Crippen LogP contribution in [0.4, 0.5) is 0 Å². The zero-order valence-corrected chi connectivity index (χ0v) is 27.7. The molecule has 0 aliphatic heterocycles. The van der Waals surface area contributed by atoms with Crippen LogP contribution in [0.1, 0.15) is 0 Å². The van der Waals surface area contributed by atoms with Crippen molar-refractivity contribution in [2.45, 2.75) is 0 Å². The van der Waals surface area contributed by atoms with Crippen molar-refractivity contribution in [1.29, 1.82) is 0 Å². The van der Waals surface area contributed by atoms with Gasteiger partial charge in [0.2, 0.25) is 0 Å². The van der Waals surface area contributed by atoms with Crippen molar-refractivity contribution in [1.82, 2.24) is 9.38 Å². The lowest BCUT2D eigenvalue weighted by molar-refractivity contribution is 1.31. The molecule has 0 aliphatic carbocycles. The third kappa shape index (κ3) is 4.20. The van der Waals surface area contributed by atoms with Gasteiger partial charge in [0, 0.05) is 10.8 Å². The molecule has 0 spiro atoms. The monoisotopic (exact) mass is 646 g/mol. The molecule has 0 atom stereocenters. The molecule has 11 rings (SSSR count). The number of hydrogen-bond acceptors (Lipinski definition) is 1. The molecule has 0 amide bonds. The first-order chi connectivity index (χ1) is 25.3. The predicted molar refractivity (Wildman–Crippen MR) is 217 cm³/mol. The second-order valence-corrected chi connectivity index (χ2v) is 13.5. The average molecular weight is 647 g/mol. The third-order valence-electron chi connectivity index (χ3n) is 10.7. The Balaban J connectivity index is 1.18. The summed E-state index contributed by atoms with van der Waals surface area (Å²) < 4.78 is 2.31. The van der Waals surface area contributed by atoms with Gasteiger partial charge in [-0.1, -0.05) is 133 Å². The van der Waals surface area contributed by atoms with E-state index < -0.39 is 0 Å². The quantitative estimate of drug-likeness (QED) is 0.138. The van der Waals surface area contributed by atoms with Crippen LogP contribution in [0.2, 0.25) is 0 Å². The number of fused-ring (bicyclic) bond motifs is 11. The molecule has 2 heteroatoms. The first-order valence-electron chi connectivity index (χ1n) is 17.6. The van der Waals surface area contributed by atoms with E-state index in [0.717, 1.165) is 22.1 Å². The fraction of sp³-hybridized carbons (Fsp3) is 0. The average Bonchev–Trinajstić information content (AvgIpc) is 3.59. The zero-order chi connectivity index (χ0) is 33.5. The van der Waals surface area contributed by atoms with Crippen molar-refractivity contribution < 1.29 is 0 Å². The van der Waals surface area contributed by atoms with Crippen LogP contribution >= 0.6 is 0 Å². The molecule has 2 nitrogen and oxygen atoms in total. The maximum Gasteiger partial charge on any atom is 0.146 e. The van der Waals surface area contributed by atoms with Gasteiger partial charge in [-0.3, -0.25) is 4.40 Å². The first kappa shape index (κ1) is 28.1. The molecule has 2 aromatic heterocycles. The van der Waals surface area contributed by atoms with E-state index >= 15 is 0 Å². The van der Waals surface area contributed by atoms with E-state index in [0.29, 0.717) is 0 Å². The molecule has 0 fully saturated rings. The second-order valence-electron chi connectivity index (χ2n) is 13.5. The smallest absolute Gasteiger partial charge is 0.146 e. The van der Waals surface area contributed by atoms with Crippen molar-refractivity contribution in [3.63, 3.8) is 0 Å². The lowest BCUT2D eigenvalue weighted by Crippen LogP contribution is -1.92. The van der Waals surface area contributed by atoms with Crippen molar-refractivity contribution in [2.75, 3.05) is 0 Å². The molecule has 0 unspecified atom stereocenters. The van der Waals surface area contributed by atoms with Crippen molar-refractivity contribution in [3.05, 3.63) is 182 Å². The molecule has 51 heavy (non-hydrogen) atoms. The number of aromatic nitrogens is 2. The summed E-state index contributed by atoms with van der Waals surface area (Å²) in [5, 5.41) is 11.2. The molecule has 0 aliphatic rings. The summed E-state index contributed by atoms with van der Waals surface area (Å²) >= 11 is 0. The van der Waals surface area contributed by atoms with Crippen LogP contribution < -0.4 is 0 Å². The minimum Gasteiger partial charge on any atom is -0.292 e. The van der Waals surface area contributed by atoms with Gasteiger partial charge in [0.05, 0.1) is 16.6 Å². The Morgan fingerprint density at radius 2 is 0.882 bits per heavy atom. The number of benzene rings is 9. The van der Waals surface area contributed by atoms with Crippen molar-refractivity contribution in [2.24, 2.45) is 0 Å². The Labute approximate surface area is 294 Å². The standard InChI is InChI=1S/C49H30N2/c1-2-13-31(14-3-1)47-37-19-6-4-15-34(37)30-43-42(47)29-35-16-5-7-20-38(35)48(43)36-18-12-17-32(27-36)33-25-26-40-41(28-33)39-21-8-10-23-45(39)51-46-24-11-9-22-44(46)50-49(40)51/h1-30H. The summed E-state index contributed by atoms with van der Waals surface area (Å²) in [6, 6.07) is 66.4. The van der Waals surface area contributed by atoms with Crippen LogP contribution in [-0.2, 0) is 0 Å². The van der Waals surface area contributed by atoms with Gasteiger partial charge >= 0.3 is 0 Å². The Bertz CT molecular complexity index is 3190. The van der Waals surface area contributed by atoms with E-state index in [9.17, 15) is 0 Å². The van der Waals surface area contributed by atoms with Crippen LogP contribution in [0.25, 0.3) is 104 Å².